The molecule has 0 aliphatic rings. The highest BCUT2D eigenvalue weighted by Crippen LogP contribution is 2.14. The lowest BCUT2D eigenvalue weighted by Gasteiger charge is -2.15. The topological polar surface area (TPSA) is 49.8 Å². The van der Waals surface area contributed by atoms with Gasteiger partial charge in [-0.3, -0.25) is 0 Å². The molecule has 0 amide bonds. The average molecular weight is 284 g/mol. The molecule has 0 bridgehead atoms. The van der Waals surface area contributed by atoms with Gasteiger partial charge in [0.25, 0.3) is 0 Å². The van der Waals surface area contributed by atoms with Gasteiger partial charge in [0, 0.05) is 18.7 Å². The quantitative estimate of drug-likeness (QED) is 0.815. The molecular weight excluding hydrogens is 260 g/mol. The second-order valence-corrected chi connectivity index (χ2v) is 5.29. The van der Waals surface area contributed by atoms with Crippen molar-refractivity contribution in [1.82, 2.24) is 9.97 Å². The van der Waals surface area contributed by atoms with Crippen molar-refractivity contribution in [3.63, 3.8) is 0 Å². The molecular formula is C17H24N4. The van der Waals surface area contributed by atoms with Crippen molar-refractivity contribution in [3.8, 4) is 0 Å². The molecule has 21 heavy (non-hydrogen) atoms. The SMILES string of the molecule is CCNc1cc(NC(C)CCc2ccccc2)nc(C)n1. The fourth-order valence-electron chi connectivity index (χ4n) is 2.27. The molecule has 0 aliphatic heterocycles. The number of benzene rings is 1. The number of anilines is 2. The van der Waals surface area contributed by atoms with Crippen LogP contribution in [0.1, 0.15) is 31.7 Å². The van der Waals surface area contributed by atoms with E-state index < -0.39 is 0 Å². The highest BCUT2D eigenvalue weighted by molar-refractivity contribution is 5.47. The maximum Gasteiger partial charge on any atom is 0.132 e. The van der Waals surface area contributed by atoms with E-state index in [0.29, 0.717) is 6.04 Å². The van der Waals surface area contributed by atoms with Gasteiger partial charge in [0.1, 0.15) is 17.5 Å². The van der Waals surface area contributed by atoms with Crippen LogP contribution >= 0.6 is 0 Å². The summed E-state index contributed by atoms with van der Waals surface area (Å²) in [5, 5.41) is 6.69. The van der Waals surface area contributed by atoms with Crippen LogP contribution in [0.2, 0.25) is 0 Å². The summed E-state index contributed by atoms with van der Waals surface area (Å²) in [6.45, 7) is 7.03. The number of nitrogens with zero attached hydrogens (tertiary/aromatic N) is 2. The third-order valence-corrected chi connectivity index (χ3v) is 3.30. The van der Waals surface area contributed by atoms with Gasteiger partial charge < -0.3 is 10.6 Å². The number of hydrogen-bond donors (Lipinski definition) is 2. The van der Waals surface area contributed by atoms with Gasteiger partial charge in [0.05, 0.1) is 0 Å². The molecule has 0 aliphatic carbocycles. The Balaban J connectivity index is 1.91. The van der Waals surface area contributed by atoms with Crippen LogP contribution in [0.3, 0.4) is 0 Å². The molecule has 112 valence electrons. The van der Waals surface area contributed by atoms with E-state index in [0.717, 1.165) is 36.8 Å². The molecule has 0 saturated carbocycles. The van der Waals surface area contributed by atoms with Crippen molar-refractivity contribution in [2.75, 3.05) is 17.2 Å². The smallest absolute Gasteiger partial charge is 0.132 e. The van der Waals surface area contributed by atoms with E-state index in [1.165, 1.54) is 5.56 Å². The highest BCUT2D eigenvalue weighted by Gasteiger charge is 2.06. The van der Waals surface area contributed by atoms with E-state index >= 15 is 0 Å². The maximum absolute atomic E-state index is 4.45. The van der Waals surface area contributed by atoms with Crippen molar-refractivity contribution in [2.24, 2.45) is 0 Å². The van der Waals surface area contributed by atoms with E-state index in [2.05, 4.69) is 64.8 Å². The molecule has 0 radical (unpaired) electrons. The van der Waals surface area contributed by atoms with Gasteiger partial charge in [-0.05, 0) is 39.2 Å². The molecule has 1 heterocycles. The summed E-state index contributed by atoms with van der Waals surface area (Å²) in [5.74, 6) is 2.55. The Kier molecular flexibility index (Phi) is 5.55. The molecule has 2 rings (SSSR count). The normalized spacial score (nSPS) is 12.0. The zero-order valence-corrected chi connectivity index (χ0v) is 13.1. The minimum absolute atomic E-state index is 0.369. The molecule has 0 spiro atoms. The molecule has 2 aromatic rings. The second-order valence-electron chi connectivity index (χ2n) is 5.29. The molecule has 0 saturated heterocycles. The third-order valence-electron chi connectivity index (χ3n) is 3.30. The monoisotopic (exact) mass is 284 g/mol. The Morgan fingerprint density at radius 2 is 1.81 bits per heavy atom. The maximum atomic E-state index is 4.45. The van der Waals surface area contributed by atoms with Crippen molar-refractivity contribution in [3.05, 3.63) is 47.8 Å². The summed E-state index contributed by atoms with van der Waals surface area (Å²) in [5.41, 5.74) is 1.37. The van der Waals surface area contributed by atoms with Crippen LogP contribution in [-0.2, 0) is 6.42 Å². The van der Waals surface area contributed by atoms with E-state index in [4.69, 9.17) is 0 Å². The third kappa shape index (κ3) is 5.06. The number of aromatic nitrogens is 2. The fourth-order valence-corrected chi connectivity index (χ4v) is 2.27. The van der Waals surface area contributed by atoms with Crippen molar-refractivity contribution >= 4 is 11.6 Å². The predicted molar refractivity (Wildman–Crippen MR) is 88.8 cm³/mol. The van der Waals surface area contributed by atoms with Crippen LogP contribution < -0.4 is 10.6 Å². The average Bonchev–Trinajstić information content (AvgIpc) is 2.46. The molecule has 1 atom stereocenters. The van der Waals surface area contributed by atoms with Gasteiger partial charge in [-0.15, -0.1) is 0 Å². The van der Waals surface area contributed by atoms with Crippen LogP contribution in [0.5, 0.6) is 0 Å². The zero-order valence-electron chi connectivity index (χ0n) is 13.1. The van der Waals surface area contributed by atoms with Crippen LogP contribution in [0.4, 0.5) is 11.6 Å². The molecule has 1 unspecified atom stereocenters. The molecule has 2 N–H and O–H groups in total. The molecule has 1 aromatic carbocycles. The van der Waals surface area contributed by atoms with Gasteiger partial charge in [-0.1, -0.05) is 30.3 Å². The molecule has 0 fully saturated rings. The second kappa shape index (κ2) is 7.62. The Morgan fingerprint density at radius 1 is 1.10 bits per heavy atom. The highest BCUT2D eigenvalue weighted by atomic mass is 15.1. The van der Waals surface area contributed by atoms with Gasteiger partial charge in [-0.2, -0.15) is 0 Å². The minimum atomic E-state index is 0.369. The minimum Gasteiger partial charge on any atom is -0.370 e. The van der Waals surface area contributed by atoms with E-state index in [9.17, 15) is 0 Å². The standard InChI is InChI=1S/C17H24N4/c1-4-18-16-12-17(21-14(3)20-16)19-13(2)10-11-15-8-6-5-7-9-15/h5-9,12-13H,4,10-11H2,1-3H3,(H2,18,19,20,21). The van der Waals surface area contributed by atoms with Crippen LogP contribution in [0.25, 0.3) is 0 Å². The molecule has 4 nitrogen and oxygen atoms in total. The lowest BCUT2D eigenvalue weighted by atomic mass is 10.1. The Hall–Kier alpha value is -2.10. The summed E-state index contributed by atoms with van der Waals surface area (Å²) >= 11 is 0. The number of hydrogen-bond acceptors (Lipinski definition) is 4. The predicted octanol–water partition coefficient (Wildman–Crippen LogP) is 3.65. The van der Waals surface area contributed by atoms with E-state index in [1.54, 1.807) is 0 Å². The van der Waals surface area contributed by atoms with Crippen molar-refractivity contribution < 1.29 is 0 Å². The first kappa shape index (κ1) is 15.3. The van der Waals surface area contributed by atoms with Crippen LogP contribution in [-0.4, -0.2) is 22.6 Å². The summed E-state index contributed by atoms with van der Waals surface area (Å²) in [6, 6.07) is 12.9. The summed E-state index contributed by atoms with van der Waals surface area (Å²) in [6.07, 6.45) is 2.14. The number of nitrogens with one attached hydrogen (secondary N) is 2. The Labute approximate surface area is 127 Å². The lowest BCUT2D eigenvalue weighted by molar-refractivity contribution is 0.702. The largest absolute Gasteiger partial charge is 0.370 e. The van der Waals surface area contributed by atoms with Gasteiger partial charge in [-0.25, -0.2) is 9.97 Å². The lowest BCUT2D eigenvalue weighted by Crippen LogP contribution is -2.17. The zero-order chi connectivity index (χ0) is 15.1. The van der Waals surface area contributed by atoms with E-state index in [-0.39, 0.29) is 0 Å². The summed E-state index contributed by atoms with van der Waals surface area (Å²) in [7, 11) is 0. The summed E-state index contributed by atoms with van der Waals surface area (Å²) in [4.78, 5) is 8.81. The first-order chi connectivity index (χ1) is 10.2. The van der Waals surface area contributed by atoms with Gasteiger partial charge >= 0.3 is 0 Å². The number of aryl methyl sites for hydroxylation is 2. The summed E-state index contributed by atoms with van der Waals surface area (Å²) < 4.78 is 0. The first-order valence-electron chi connectivity index (χ1n) is 7.57. The van der Waals surface area contributed by atoms with Crippen molar-refractivity contribution in [2.45, 2.75) is 39.7 Å². The van der Waals surface area contributed by atoms with Crippen LogP contribution in [0.15, 0.2) is 36.4 Å². The first-order valence-corrected chi connectivity index (χ1v) is 7.57. The van der Waals surface area contributed by atoms with Gasteiger partial charge in [0.2, 0.25) is 0 Å². The molecule has 4 heteroatoms. The Bertz CT molecular complexity index is 554. The Morgan fingerprint density at radius 3 is 2.52 bits per heavy atom. The number of rotatable bonds is 7. The van der Waals surface area contributed by atoms with Crippen LogP contribution in [0, 0.1) is 6.92 Å². The van der Waals surface area contributed by atoms with Gasteiger partial charge in [0.15, 0.2) is 0 Å². The van der Waals surface area contributed by atoms with E-state index in [1.807, 2.05) is 13.0 Å². The fraction of sp³-hybridized carbons (Fsp3) is 0.412. The van der Waals surface area contributed by atoms with Crippen molar-refractivity contribution in [1.29, 1.82) is 0 Å². The molecule has 1 aromatic heterocycles.